The van der Waals surface area contributed by atoms with Crippen LogP contribution < -0.4 is 0 Å². The molecule has 0 aliphatic carbocycles. The number of nitrogens with zero attached hydrogens (tertiary/aromatic N) is 4. The third-order valence-electron chi connectivity index (χ3n) is 5.76. The number of sulfonamides is 1. The number of aryl methyl sites for hydroxylation is 1. The van der Waals surface area contributed by atoms with E-state index in [0.29, 0.717) is 24.8 Å². The van der Waals surface area contributed by atoms with Gasteiger partial charge in [0.1, 0.15) is 0 Å². The van der Waals surface area contributed by atoms with Gasteiger partial charge in [-0.1, -0.05) is 59.8 Å². The molecule has 1 aromatic heterocycles. The van der Waals surface area contributed by atoms with Crippen LogP contribution in [0, 0.1) is 6.92 Å². The number of carbonyl (C=O) groups is 1. The Morgan fingerprint density at radius 3 is 2.42 bits per heavy atom. The van der Waals surface area contributed by atoms with Crippen molar-refractivity contribution in [3.05, 3.63) is 78.2 Å². The fourth-order valence-electron chi connectivity index (χ4n) is 3.93. The minimum absolute atomic E-state index is 0.171. The summed E-state index contributed by atoms with van der Waals surface area (Å²) in [4.78, 5) is 18.9. The maximum atomic E-state index is 13.2. The lowest BCUT2D eigenvalue weighted by molar-refractivity contribution is -0.134. The summed E-state index contributed by atoms with van der Waals surface area (Å²) in [7, 11) is -3.75. The number of amides is 1. The summed E-state index contributed by atoms with van der Waals surface area (Å²) in [6, 6.07) is 20.2. The molecule has 2 heterocycles. The van der Waals surface area contributed by atoms with Gasteiger partial charge in [-0.25, -0.2) is 8.42 Å². The molecule has 1 amide bonds. The average molecular weight is 463 g/mol. The molecule has 1 aliphatic rings. The molecule has 8 nitrogen and oxygen atoms in total. The van der Waals surface area contributed by atoms with Gasteiger partial charge in [0.05, 0.1) is 11.4 Å². The van der Waals surface area contributed by atoms with Crippen molar-refractivity contribution in [2.45, 2.75) is 18.4 Å². The quantitative estimate of drug-likeness (QED) is 0.452. The third-order valence-corrected chi connectivity index (χ3v) is 7.60. The first-order chi connectivity index (χ1) is 15.9. The molecular formula is C24H22N4O4S. The molecule has 0 N–H and O–H groups in total. The summed E-state index contributed by atoms with van der Waals surface area (Å²) < 4.78 is 32.6. The van der Waals surface area contributed by atoms with Gasteiger partial charge in [-0.15, -0.1) is 0 Å². The molecule has 0 saturated carbocycles. The summed E-state index contributed by atoms with van der Waals surface area (Å²) in [5.74, 6) is 0.794. The standard InChI is InChI=1S/C24H22N4O4S/c1-17-25-24(26-32-17)20-8-6-18(7-9-20)15-27-12-13-28(16-23(27)29)33(30,31)22-11-10-19-4-2-3-5-21(19)14-22/h2-11,14H,12-13,15-16H2,1H3. The molecule has 168 valence electrons. The Hall–Kier alpha value is -3.56. The highest BCUT2D eigenvalue weighted by Gasteiger charge is 2.32. The number of fused-ring (bicyclic) bond motifs is 1. The Morgan fingerprint density at radius 2 is 1.73 bits per heavy atom. The van der Waals surface area contributed by atoms with E-state index in [9.17, 15) is 13.2 Å². The van der Waals surface area contributed by atoms with Crippen LogP contribution in [0.15, 0.2) is 76.1 Å². The van der Waals surface area contributed by atoms with Crippen molar-refractivity contribution < 1.29 is 17.7 Å². The summed E-state index contributed by atoms with van der Waals surface area (Å²) in [5.41, 5.74) is 1.77. The zero-order valence-electron chi connectivity index (χ0n) is 18.0. The molecule has 0 unspecified atom stereocenters. The second-order valence-electron chi connectivity index (χ2n) is 8.00. The molecule has 1 saturated heterocycles. The number of hydrogen-bond acceptors (Lipinski definition) is 6. The van der Waals surface area contributed by atoms with Gasteiger partial charge in [-0.2, -0.15) is 9.29 Å². The number of carbonyl (C=O) groups excluding carboxylic acids is 1. The molecule has 0 spiro atoms. The highest BCUT2D eigenvalue weighted by Crippen LogP contribution is 2.24. The van der Waals surface area contributed by atoms with Crippen LogP contribution in [0.1, 0.15) is 11.5 Å². The summed E-state index contributed by atoms with van der Waals surface area (Å²) >= 11 is 0. The molecule has 9 heteroatoms. The van der Waals surface area contributed by atoms with Crippen molar-refractivity contribution in [1.29, 1.82) is 0 Å². The highest BCUT2D eigenvalue weighted by atomic mass is 32.2. The summed E-state index contributed by atoms with van der Waals surface area (Å²) in [6.45, 7) is 2.55. The van der Waals surface area contributed by atoms with Gasteiger partial charge in [0.2, 0.25) is 27.6 Å². The summed E-state index contributed by atoms with van der Waals surface area (Å²) in [5, 5.41) is 5.72. The molecule has 0 radical (unpaired) electrons. The van der Waals surface area contributed by atoms with E-state index in [1.54, 1.807) is 30.0 Å². The van der Waals surface area contributed by atoms with Crippen LogP contribution >= 0.6 is 0 Å². The van der Waals surface area contributed by atoms with Crippen LogP contribution in [0.5, 0.6) is 0 Å². The largest absolute Gasteiger partial charge is 0.339 e. The summed E-state index contributed by atoms with van der Waals surface area (Å²) in [6.07, 6.45) is 0. The molecule has 33 heavy (non-hydrogen) atoms. The first-order valence-corrected chi connectivity index (χ1v) is 12.0. The van der Waals surface area contributed by atoms with Gasteiger partial charge in [0.15, 0.2) is 0 Å². The first-order valence-electron chi connectivity index (χ1n) is 10.6. The number of benzene rings is 3. The van der Waals surface area contributed by atoms with Gasteiger partial charge < -0.3 is 9.42 Å². The fourth-order valence-corrected chi connectivity index (χ4v) is 5.35. The molecular weight excluding hydrogens is 440 g/mol. The van der Waals surface area contributed by atoms with Crippen molar-refractivity contribution in [1.82, 2.24) is 19.3 Å². The van der Waals surface area contributed by atoms with Crippen LogP contribution in [0.2, 0.25) is 0 Å². The SMILES string of the molecule is Cc1nc(-c2ccc(CN3CCN(S(=O)(=O)c4ccc5ccccc5c4)CC3=O)cc2)no1. The first kappa shape index (κ1) is 21.3. The molecule has 3 aromatic carbocycles. The Kier molecular flexibility index (Phi) is 5.43. The molecule has 0 bridgehead atoms. The fraction of sp³-hybridized carbons (Fsp3) is 0.208. The van der Waals surface area contributed by atoms with Crippen molar-refractivity contribution >= 4 is 26.7 Å². The Bertz CT molecular complexity index is 1430. The van der Waals surface area contributed by atoms with Crippen molar-refractivity contribution in [3.63, 3.8) is 0 Å². The number of aromatic nitrogens is 2. The highest BCUT2D eigenvalue weighted by molar-refractivity contribution is 7.89. The van der Waals surface area contributed by atoms with Crippen molar-refractivity contribution in [2.75, 3.05) is 19.6 Å². The third kappa shape index (κ3) is 4.24. The van der Waals surface area contributed by atoms with Gasteiger partial charge in [0.25, 0.3) is 0 Å². The van der Waals surface area contributed by atoms with E-state index in [1.165, 1.54) is 4.31 Å². The minimum atomic E-state index is -3.75. The second-order valence-corrected chi connectivity index (χ2v) is 9.93. The maximum Gasteiger partial charge on any atom is 0.243 e. The van der Waals surface area contributed by atoms with Gasteiger partial charge in [-0.3, -0.25) is 4.79 Å². The number of hydrogen-bond donors (Lipinski definition) is 0. The smallest absolute Gasteiger partial charge is 0.243 e. The van der Waals surface area contributed by atoms with Gasteiger partial charge >= 0.3 is 0 Å². The van der Waals surface area contributed by atoms with Crippen LogP contribution in [0.4, 0.5) is 0 Å². The zero-order valence-corrected chi connectivity index (χ0v) is 18.8. The van der Waals surface area contributed by atoms with Gasteiger partial charge in [0, 0.05) is 32.1 Å². The molecule has 1 fully saturated rings. The zero-order chi connectivity index (χ0) is 23.0. The predicted molar refractivity (Wildman–Crippen MR) is 123 cm³/mol. The van der Waals surface area contributed by atoms with Crippen LogP contribution in [0.3, 0.4) is 0 Å². The predicted octanol–water partition coefficient (Wildman–Crippen LogP) is 3.23. The average Bonchev–Trinajstić information content (AvgIpc) is 3.26. The van der Waals surface area contributed by atoms with Crippen LogP contribution in [-0.4, -0.2) is 53.3 Å². The molecule has 4 aromatic rings. The normalized spacial score (nSPS) is 15.3. The Labute approximate surface area is 191 Å². The van der Waals surface area contributed by atoms with E-state index < -0.39 is 10.0 Å². The molecule has 1 aliphatic heterocycles. The van der Waals surface area contributed by atoms with E-state index in [-0.39, 0.29) is 23.9 Å². The number of piperazine rings is 1. The lowest BCUT2D eigenvalue weighted by atomic mass is 10.1. The van der Waals surface area contributed by atoms with E-state index in [0.717, 1.165) is 21.9 Å². The van der Waals surface area contributed by atoms with Crippen molar-refractivity contribution in [3.8, 4) is 11.4 Å². The maximum absolute atomic E-state index is 13.2. The molecule has 5 rings (SSSR count). The monoisotopic (exact) mass is 462 g/mol. The lowest BCUT2D eigenvalue weighted by Gasteiger charge is -2.33. The topological polar surface area (TPSA) is 96.6 Å². The second kappa shape index (κ2) is 8.42. The van der Waals surface area contributed by atoms with Crippen LogP contribution in [-0.2, 0) is 21.4 Å². The van der Waals surface area contributed by atoms with Gasteiger partial charge in [-0.05, 0) is 28.5 Å². The van der Waals surface area contributed by atoms with E-state index in [4.69, 9.17) is 4.52 Å². The number of rotatable bonds is 5. The molecule has 0 atom stereocenters. The minimum Gasteiger partial charge on any atom is -0.339 e. The Morgan fingerprint density at radius 1 is 0.970 bits per heavy atom. The van der Waals surface area contributed by atoms with Crippen LogP contribution in [0.25, 0.3) is 22.2 Å². The van der Waals surface area contributed by atoms with E-state index in [2.05, 4.69) is 10.1 Å². The lowest BCUT2D eigenvalue weighted by Crippen LogP contribution is -2.51. The van der Waals surface area contributed by atoms with E-state index >= 15 is 0 Å². The van der Waals surface area contributed by atoms with Crippen molar-refractivity contribution in [2.24, 2.45) is 0 Å². The Balaban J connectivity index is 1.27. The van der Waals surface area contributed by atoms with E-state index in [1.807, 2.05) is 48.5 Å².